The Kier molecular flexibility index (Phi) is 4.99. The first kappa shape index (κ1) is 14.5. The van der Waals surface area contributed by atoms with Gasteiger partial charge in [0.05, 0.1) is 0 Å². The van der Waals surface area contributed by atoms with Gasteiger partial charge in [0.2, 0.25) is 5.91 Å². The molecule has 0 saturated heterocycles. The van der Waals surface area contributed by atoms with Crippen LogP contribution in [0.25, 0.3) is 0 Å². The average Bonchev–Trinajstić information content (AvgIpc) is 2.98. The van der Waals surface area contributed by atoms with Crippen molar-refractivity contribution in [3.8, 4) is 0 Å². The second-order valence-corrected chi connectivity index (χ2v) is 6.53. The summed E-state index contributed by atoms with van der Waals surface area (Å²) in [5, 5.41) is 3.12. The Morgan fingerprint density at radius 3 is 2.41 bits per heavy atom. The quantitative estimate of drug-likeness (QED) is 0.749. The minimum absolute atomic E-state index is 0.00442. The van der Waals surface area contributed by atoms with Crippen molar-refractivity contribution in [2.45, 2.75) is 71.9 Å². The Morgan fingerprint density at radius 1 is 1.41 bits per heavy atom. The summed E-state index contributed by atoms with van der Waals surface area (Å²) in [6.45, 7) is 8.36. The monoisotopic (exact) mass is 240 g/mol. The first-order chi connectivity index (χ1) is 7.82. The molecule has 3 N–H and O–H groups in total. The van der Waals surface area contributed by atoms with Gasteiger partial charge in [-0.3, -0.25) is 4.79 Å². The van der Waals surface area contributed by atoms with E-state index in [9.17, 15) is 4.79 Å². The minimum atomic E-state index is -0.0686. The first-order valence-electron chi connectivity index (χ1n) is 6.87. The van der Waals surface area contributed by atoms with Crippen LogP contribution >= 0.6 is 0 Å². The summed E-state index contributed by atoms with van der Waals surface area (Å²) >= 11 is 0. The highest BCUT2D eigenvalue weighted by molar-refractivity contribution is 5.77. The number of nitrogens with two attached hydrogens (primary N) is 1. The SMILES string of the molecule is CCC(CC1CC1)NC(=O)CC(N)C(C)(C)C. The van der Waals surface area contributed by atoms with Crippen LogP contribution in [0.2, 0.25) is 0 Å². The smallest absolute Gasteiger partial charge is 0.221 e. The third-order valence-electron chi connectivity index (χ3n) is 3.69. The molecule has 100 valence electrons. The molecule has 0 aromatic heterocycles. The van der Waals surface area contributed by atoms with Crippen molar-refractivity contribution in [3.05, 3.63) is 0 Å². The maximum atomic E-state index is 11.9. The van der Waals surface area contributed by atoms with Crippen LogP contribution in [0.5, 0.6) is 0 Å². The van der Waals surface area contributed by atoms with E-state index in [4.69, 9.17) is 5.73 Å². The predicted molar refractivity (Wildman–Crippen MR) is 71.6 cm³/mol. The molecule has 0 aromatic rings. The third kappa shape index (κ3) is 5.53. The molecule has 1 aliphatic carbocycles. The molecule has 0 aliphatic heterocycles. The molecular weight excluding hydrogens is 212 g/mol. The molecule has 0 bridgehead atoms. The zero-order valence-electron chi connectivity index (χ0n) is 11.8. The van der Waals surface area contributed by atoms with Crippen LogP contribution in [0.1, 0.15) is 59.8 Å². The van der Waals surface area contributed by atoms with E-state index in [1.807, 2.05) is 0 Å². The molecule has 1 saturated carbocycles. The van der Waals surface area contributed by atoms with Gasteiger partial charge in [0, 0.05) is 18.5 Å². The highest BCUT2D eigenvalue weighted by Gasteiger charge is 2.27. The van der Waals surface area contributed by atoms with Gasteiger partial charge in [-0.1, -0.05) is 40.5 Å². The van der Waals surface area contributed by atoms with Crippen LogP contribution in [0, 0.1) is 11.3 Å². The first-order valence-corrected chi connectivity index (χ1v) is 6.87. The molecule has 1 amide bonds. The number of rotatable bonds is 6. The van der Waals surface area contributed by atoms with Gasteiger partial charge in [-0.2, -0.15) is 0 Å². The van der Waals surface area contributed by atoms with E-state index < -0.39 is 0 Å². The van der Waals surface area contributed by atoms with Crippen LogP contribution in [0.3, 0.4) is 0 Å². The summed E-state index contributed by atoms with van der Waals surface area (Å²) in [7, 11) is 0. The summed E-state index contributed by atoms with van der Waals surface area (Å²) < 4.78 is 0. The van der Waals surface area contributed by atoms with Gasteiger partial charge in [-0.05, 0) is 24.2 Å². The molecular formula is C14H28N2O. The molecule has 1 aliphatic rings. The number of hydrogen-bond acceptors (Lipinski definition) is 2. The lowest BCUT2D eigenvalue weighted by Gasteiger charge is -2.27. The van der Waals surface area contributed by atoms with Crippen LogP contribution in [-0.4, -0.2) is 18.0 Å². The lowest BCUT2D eigenvalue weighted by molar-refractivity contribution is -0.122. The van der Waals surface area contributed by atoms with Crippen LogP contribution in [-0.2, 0) is 4.79 Å². The van der Waals surface area contributed by atoms with E-state index in [1.54, 1.807) is 0 Å². The van der Waals surface area contributed by atoms with Crippen LogP contribution in [0.15, 0.2) is 0 Å². The van der Waals surface area contributed by atoms with E-state index in [0.29, 0.717) is 12.5 Å². The summed E-state index contributed by atoms with van der Waals surface area (Å²) in [6, 6.07) is 0.281. The largest absolute Gasteiger partial charge is 0.353 e. The fourth-order valence-corrected chi connectivity index (χ4v) is 1.88. The molecule has 0 spiro atoms. The highest BCUT2D eigenvalue weighted by Crippen LogP contribution is 2.34. The molecule has 2 atom stereocenters. The standard InChI is InChI=1S/C14H28N2O/c1-5-11(8-10-6-7-10)16-13(17)9-12(15)14(2,3)4/h10-12H,5-9,15H2,1-4H3,(H,16,17). The molecule has 0 aromatic carbocycles. The highest BCUT2D eigenvalue weighted by atomic mass is 16.1. The van der Waals surface area contributed by atoms with Crippen LogP contribution < -0.4 is 11.1 Å². The molecule has 17 heavy (non-hydrogen) atoms. The summed E-state index contributed by atoms with van der Waals surface area (Å²) in [4.78, 5) is 11.9. The van der Waals surface area contributed by atoms with Gasteiger partial charge in [-0.15, -0.1) is 0 Å². The van der Waals surface area contributed by atoms with Gasteiger partial charge in [-0.25, -0.2) is 0 Å². The Morgan fingerprint density at radius 2 is 2.00 bits per heavy atom. The Hall–Kier alpha value is -0.570. The fraction of sp³-hybridized carbons (Fsp3) is 0.929. The topological polar surface area (TPSA) is 55.1 Å². The normalized spacial score (nSPS) is 19.8. The number of amides is 1. The van der Waals surface area contributed by atoms with Crippen molar-refractivity contribution in [2.24, 2.45) is 17.1 Å². The van der Waals surface area contributed by atoms with Crippen molar-refractivity contribution >= 4 is 5.91 Å². The molecule has 0 radical (unpaired) electrons. The molecule has 1 rings (SSSR count). The molecule has 3 nitrogen and oxygen atoms in total. The van der Waals surface area contributed by atoms with E-state index >= 15 is 0 Å². The number of carbonyl (C=O) groups excluding carboxylic acids is 1. The maximum Gasteiger partial charge on any atom is 0.221 e. The van der Waals surface area contributed by atoms with Crippen molar-refractivity contribution in [2.75, 3.05) is 0 Å². The Labute approximate surface area is 106 Å². The summed E-state index contributed by atoms with van der Waals surface area (Å²) in [6.07, 6.45) is 5.28. The minimum Gasteiger partial charge on any atom is -0.353 e. The Balaban J connectivity index is 2.31. The lowest BCUT2D eigenvalue weighted by Crippen LogP contribution is -2.42. The Bertz CT molecular complexity index is 253. The summed E-state index contributed by atoms with van der Waals surface area (Å²) in [5.41, 5.74) is 6.02. The predicted octanol–water partition coefficient (Wildman–Crippen LogP) is 2.44. The zero-order chi connectivity index (χ0) is 13.1. The molecule has 0 heterocycles. The van der Waals surface area contributed by atoms with Gasteiger partial charge < -0.3 is 11.1 Å². The van der Waals surface area contributed by atoms with Crippen molar-refractivity contribution < 1.29 is 4.79 Å². The third-order valence-corrected chi connectivity index (χ3v) is 3.69. The van der Waals surface area contributed by atoms with E-state index in [0.717, 1.165) is 18.8 Å². The number of hydrogen-bond donors (Lipinski definition) is 2. The summed E-state index contributed by atoms with van der Waals surface area (Å²) in [5.74, 6) is 0.969. The van der Waals surface area contributed by atoms with Gasteiger partial charge >= 0.3 is 0 Å². The lowest BCUT2D eigenvalue weighted by atomic mass is 9.85. The van der Waals surface area contributed by atoms with E-state index in [2.05, 4.69) is 33.0 Å². The van der Waals surface area contributed by atoms with Crippen molar-refractivity contribution in [1.29, 1.82) is 0 Å². The number of nitrogens with one attached hydrogen (secondary N) is 1. The van der Waals surface area contributed by atoms with Crippen molar-refractivity contribution in [3.63, 3.8) is 0 Å². The van der Waals surface area contributed by atoms with Gasteiger partial charge in [0.25, 0.3) is 0 Å². The van der Waals surface area contributed by atoms with Crippen LogP contribution in [0.4, 0.5) is 0 Å². The van der Waals surface area contributed by atoms with E-state index in [1.165, 1.54) is 12.8 Å². The average molecular weight is 240 g/mol. The molecule has 3 heteroatoms. The molecule has 1 fully saturated rings. The fourth-order valence-electron chi connectivity index (χ4n) is 1.88. The van der Waals surface area contributed by atoms with Gasteiger partial charge in [0.15, 0.2) is 0 Å². The second kappa shape index (κ2) is 5.85. The van der Waals surface area contributed by atoms with E-state index in [-0.39, 0.29) is 17.4 Å². The van der Waals surface area contributed by atoms with Crippen molar-refractivity contribution in [1.82, 2.24) is 5.32 Å². The second-order valence-electron chi connectivity index (χ2n) is 6.53. The van der Waals surface area contributed by atoms with Gasteiger partial charge in [0.1, 0.15) is 0 Å². The molecule has 2 unspecified atom stereocenters. The maximum absolute atomic E-state index is 11.9. The zero-order valence-corrected chi connectivity index (χ0v) is 11.8. The number of carbonyl (C=O) groups is 1.